The molecule has 20 heavy (non-hydrogen) atoms. The van der Waals surface area contributed by atoms with E-state index >= 15 is 0 Å². The van der Waals surface area contributed by atoms with Gasteiger partial charge in [-0.25, -0.2) is 0 Å². The fourth-order valence-corrected chi connectivity index (χ4v) is 3.59. The molecule has 1 aromatic heterocycles. The number of nitrogens with one attached hydrogen (secondary N) is 1. The summed E-state index contributed by atoms with van der Waals surface area (Å²) < 4.78 is 0. The monoisotopic (exact) mass is 274 g/mol. The maximum Gasteiger partial charge on any atom is 0.0372 e. The second kappa shape index (κ2) is 6.71. The maximum atomic E-state index is 4.51. The van der Waals surface area contributed by atoms with Crippen LogP contribution in [-0.4, -0.2) is 11.5 Å². The van der Waals surface area contributed by atoms with Crippen molar-refractivity contribution in [2.45, 2.75) is 65.8 Å². The van der Waals surface area contributed by atoms with Crippen LogP contribution in [0.5, 0.6) is 0 Å². The summed E-state index contributed by atoms with van der Waals surface area (Å²) in [7, 11) is 0. The molecule has 2 rings (SSSR count). The van der Waals surface area contributed by atoms with Crippen molar-refractivity contribution in [3.63, 3.8) is 0 Å². The van der Waals surface area contributed by atoms with Crippen molar-refractivity contribution in [2.75, 3.05) is 6.54 Å². The number of pyridine rings is 1. The van der Waals surface area contributed by atoms with Crippen molar-refractivity contribution in [3.8, 4) is 0 Å². The van der Waals surface area contributed by atoms with Gasteiger partial charge in [0.2, 0.25) is 0 Å². The van der Waals surface area contributed by atoms with E-state index in [0.29, 0.717) is 17.4 Å². The minimum Gasteiger partial charge on any atom is -0.310 e. The first-order valence-corrected chi connectivity index (χ1v) is 8.20. The average Bonchev–Trinajstić information content (AvgIpc) is 2.42. The summed E-state index contributed by atoms with van der Waals surface area (Å²) in [6.45, 7) is 10.3. The molecule has 0 saturated heterocycles. The van der Waals surface area contributed by atoms with Gasteiger partial charge in [-0.15, -0.1) is 0 Å². The second-order valence-corrected chi connectivity index (χ2v) is 7.01. The number of nitrogens with zero attached hydrogens (tertiary/aromatic N) is 1. The summed E-state index contributed by atoms with van der Waals surface area (Å²) in [5.74, 6) is 0.715. The Hall–Kier alpha value is -0.890. The molecule has 0 bridgehead atoms. The summed E-state index contributed by atoms with van der Waals surface area (Å²) in [6, 6.07) is 4.87. The first-order valence-electron chi connectivity index (χ1n) is 8.20. The number of rotatable bonds is 5. The third kappa shape index (κ3) is 3.60. The first-order chi connectivity index (χ1) is 9.54. The van der Waals surface area contributed by atoms with Crippen LogP contribution >= 0.6 is 0 Å². The highest BCUT2D eigenvalue weighted by molar-refractivity contribution is 5.19. The highest BCUT2D eigenvalue weighted by Crippen LogP contribution is 2.46. The Balaban J connectivity index is 2.24. The van der Waals surface area contributed by atoms with Gasteiger partial charge < -0.3 is 5.32 Å². The van der Waals surface area contributed by atoms with Crippen LogP contribution < -0.4 is 5.32 Å². The molecule has 112 valence electrons. The molecule has 2 heteroatoms. The molecule has 1 aromatic rings. The Labute approximate surface area is 124 Å². The van der Waals surface area contributed by atoms with Crippen molar-refractivity contribution in [1.82, 2.24) is 10.3 Å². The number of aromatic nitrogens is 1. The third-order valence-electron chi connectivity index (χ3n) is 4.90. The van der Waals surface area contributed by atoms with Gasteiger partial charge in [-0.1, -0.05) is 39.7 Å². The van der Waals surface area contributed by atoms with E-state index in [1.54, 1.807) is 0 Å². The zero-order valence-corrected chi connectivity index (χ0v) is 13.6. The predicted octanol–water partition coefficient (Wildman–Crippen LogP) is 4.65. The third-order valence-corrected chi connectivity index (χ3v) is 4.90. The van der Waals surface area contributed by atoms with Crippen molar-refractivity contribution < 1.29 is 0 Å². The zero-order valence-electron chi connectivity index (χ0n) is 13.6. The molecule has 0 radical (unpaired) electrons. The van der Waals surface area contributed by atoms with E-state index in [4.69, 9.17) is 0 Å². The molecule has 2 atom stereocenters. The van der Waals surface area contributed by atoms with Gasteiger partial charge in [0.15, 0.2) is 0 Å². The highest BCUT2D eigenvalue weighted by Gasteiger charge is 2.37. The van der Waals surface area contributed by atoms with E-state index in [-0.39, 0.29) is 0 Å². The Morgan fingerprint density at radius 3 is 2.75 bits per heavy atom. The van der Waals surface area contributed by atoms with E-state index in [0.717, 1.165) is 12.2 Å². The maximum absolute atomic E-state index is 4.51. The second-order valence-electron chi connectivity index (χ2n) is 7.01. The summed E-state index contributed by atoms with van der Waals surface area (Å²) in [6.07, 6.45) is 8.70. The molecule has 2 nitrogen and oxygen atoms in total. The lowest BCUT2D eigenvalue weighted by Gasteiger charge is -2.43. The van der Waals surface area contributed by atoms with Crippen molar-refractivity contribution in [3.05, 3.63) is 29.6 Å². The zero-order chi connectivity index (χ0) is 14.6. The standard InChI is InChI=1S/C18H30N2/c1-5-12-19-17(15-10-9-14(2)20-13-15)16-8-6-7-11-18(16,3)4/h9-10,13,16-17,19H,5-8,11-12H2,1-4H3. The molecule has 1 saturated carbocycles. The molecular formula is C18H30N2. The number of hydrogen-bond acceptors (Lipinski definition) is 2. The van der Waals surface area contributed by atoms with Gasteiger partial charge in [0.25, 0.3) is 0 Å². The molecule has 1 N–H and O–H groups in total. The molecule has 1 fully saturated rings. The summed E-state index contributed by atoms with van der Waals surface area (Å²) in [5, 5.41) is 3.79. The molecular weight excluding hydrogens is 244 g/mol. The fraction of sp³-hybridized carbons (Fsp3) is 0.722. The van der Waals surface area contributed by atoms with Crippen LogP contribution in [0, 0.1) is 18.3 Å². The number of aryl methyl sites for hydroxylation is 1. The van der Waals surface area contributed by atoms with Crippen LogP contribution in [-0.2, 0) is 0 Å². The topological polar surface area (TPSA) is 24.9 Å². The molecule has 0 amide bonds. The Kier molecular flexibility index (Phi) is 5.20. The van der Waals surface area contributed by atoms with E-state index < -0.39 is 0 Å². The lowest BCUT2D eigenvalue weighted by Crippen LogP contribution is -2.39. The van der Waals surface area contributed by atoms with Gasteiger partial charge in [-0.05, 0) is 55.7 Å². The quantitative estimate of drug-likeness (QED) is 0.845. The first kappa shape index (κ1) is 15.5. The van der Waals surface area contributed by atoms with Crippen LogP contribution in [0.1, 0.15) is 70.2 Å². The largest absolute Gasteiger partial charge is 0.310 e. The van der Waals surface area contributed by atoms with Crippen LogP contribution in [0.3, 0.4) is 0 Å². The van der Waals surface area contributed by atoms with Crippen LogP contribution in [0.4, 0.5) is 0 Å². The van der Waals surface area contributed by atoms with Gasteiger partial charge in [0.1, 0.15) is 0 Å². The van der Waals surface area contributed by atoms with Crippen LogP contribution in [0.15, 0.2) is 18.3 Å². The minimum absolute atomic E-state index is 0.425. The van der Waals surface area contributed by atoms with Gasteiger partial charge in [0.05, 0.1) is 0 Å². The SMILES string of the molecule is CCCNC(c1ccc(C)nc1)C1CCCCC1(C)C. The van der Waals surface area contributed by atoms with E-state index in [1.807, 2.05) is 0 Å². The molecule has 1 heterocycles. The van der Waals surface area contributed by atoms with Crippen LogP contribution in [0.25, 0.3) is 0 Å². The fourth-order valence-electron chi connectivity index (χ4n) is 3.59. The van der Waals surface area contributed by atoms with Gasteiger partial charge in [0, 0.05) is 17.9 Å². The van der Waals surface area contributed by atoms with E-state index in [1.165, 1.54) is 37.7 Å². The Morgan fingerprint density at radius 1 is 1.35 bits per heavy atom. The molecule has 2 unspecified atom stereocenters. The van der Waals surface area contributed by atoms with Crippen molar-refractivity contribution >= 4 is 0 Å². The van der Waals surface area contributed by atoms with Crippen molar-refractivity contribution in [1.29, 1.82) is 0 Å². The van der Waals surface area contributed by atoms with E-state index in [9.17, 15) is 0 Å². The Morgan fingerprint density at radius 2 is 2.15 bits per heavy atom. The minimum atomic E-state index is 0.425. The molecule has 0 aromatic carbocycles. The predicted molar refractivity (Wildman–Crippen MR) is 85.7 cm³/mol. The van der Waals surface area contributed by atoms with Gasteiger partial charge in [-0.2, -0.15) is 0 Å². The summed E-state index contributed by atoms with van der Waals surface area (Å²) >= 11 is 0. The van der Waals surface area contributed by atoms with Crippen molar-refractivity contribution in [2.24, 2.45) is 11.3 Å². The molecule has 1 aliphatic rings. The smallest absolute Gasteiger partial charge is 0.0372 e. The Bertz CT molecular complexity index is 408. The highest BCUT2D eigenvalue weighted by atomic mass is 14.9. The van der Waals surface area contributed by atoms with Crippen LogP contribution in [0.2, 0.25) is 0 Å². The van der Waals surface area contributed by atoms with Gasteiger partial charge in [-0.3, -0.25) is 4.98 Å². The average molecular weight is 274 g/mol. The summed E-state index contributed by atoms with van der Waals surface area (Å²) in [4.78, 5) is 4.51. The molecule has 1 aliphatic carbocycles. The summed E-state index contributed by atoms with van der Waals surface area (Å²) in [5.41, 5.74) is 2.89. The van der Waals surface area contributed by atoms with E-state index in [2.05, 4.69) is 56.3 Å². The lowest BCUT2D eigenvalue weighted by molar-refractivity contribution is 0.0980. The molecule has 0 aliphatic heterocycles. The van der Waals surface area contributed by atoms with Gasteiger partial charge >= 0.3 is 0 Å². The number of hydrogen-bond donors (Lipinski definition) is 1. The lowest BCUT2D eigenvalue weighted by atomic mass is 9.65. The normalized spacial score (nSPS) is 23.5. The molecule has 0 spiro atoms.